The van der Waals surface area contributed by atoms with E-state index in [0.717, 1.165) is 18.2 Å². The maximum atomic E-state index is 12.7. The van der Waals surface area contributed by atoms with E-state index in [4.69, 9.17) is 0 Å². The average Bonchev–Trinajstić information content (AvgIpc) is 2.21. The van der Waals surface area contributed by atoms with Crippen LogP contribution in [-0.2, 0) is 20.4 Å². The summed E-state index contributed by atoms with van der Waals surface area (Å²) in [5.74, 6) is -0.729. The van der Waals surface area contributed by atoms with Gasteiger partial charge in [0, 0.05) is 26.5 Å². The van der Waals surface area contributed by atoms with E-state index < -0.39 is 10.7 Å². The number of ether oxygens (including phenoxy) is 1. The number of methoxy groups -OCH3 is 1. The van der Waals surface area contributed by atoms with E-state index in [9.17, 15) is 14.5 Å². The van der Waals surface area contributed by atoms with Crippen LogP contribution < -0.4 is 4.74 Å². The molecule has 0 aliphatic rings. The van der Waals surface area contributed by atoms with Crippen LogP contribution in [0.1, 0.15) is 13.8 Å². The Balaban J connectivity index is -0.000000399. The maximum Gasteiger partial charge on any atom is 0.273 e. The van der Waals surface area contributed by atoms with Gasteiger partial charge in [-0.15, -0.1) is 0 Å². The van der Waals surface area contributed by atoms with Gasteiger partial charge >= 0.3 is 0 Å². The summed E-state index contributed by atoms with van der Waals surface area (Å²) < 4.78 is 17.2. The van der Waals surface area contributed by atoms with Crippen molar-refractivity contribution >= 4 is 5.69 Å². The van der Waals surface area contributed by atoms with Crippen LogP contribution in [0.3, 0.4) is 0 Å². The number of hydrogen-bond acceptors (Lipinski definition) is 3. The third-order valence-electron chi connectivity index (χ3n) is 1.35. The minimum atomic E-state index is -0.609. The fourth-order valence-electron chi connectivity index (χ4n) is 0.762. The second kappa shape index (κ2) is 10.5. The van der Waals surface area contributed by atoms with E-state index in [2.05, 4.69) is 4.74 Å². The third-order valence-corrected chi connectivity index (χ3v) is 1.35. The maximum absolute atomic E-state index is 12.7. The van der Waals surface area contributed by atoms with Crippen molar-refractivity contribution in [2.45, 2.75) is 13.8 Å². The summed E-state index contributed by atoms with van der Waals surface area (Å²) in [6.45, 7) is 4.00. The number of nitro benzene ring substituents is 1. The van der Waals surface area contributed by atoms with Gasteiger partial charge in [0.2, 0.25) is 0 Å². The van der Waals surface area contributed by atoms with E-state index >= 15 is 0 Å². The summed E-state index contributed by atoms with van der Waals surface area (Å²) in [4.78, 5) is 9.60. The Kier molecular flexibility index (Phi) is 13.4. The number of hydrogen-bond donors (Lipinski definition) is 0. The van der Waals surface area contributed by atoms with Gasteiger partial charge < -0.3 is 12.2 Å². The first kappa shape index (κ1) is 20.4. The zero-order valence-corrected chi connectivity index (χ0v) is 12.4. The van der Waals surface area contributed by atoms with Crippen molar-refractivity contribution in [3.63, 3.8) is 0 Å². The van der Waals surface area contributed by atoms with Gasteiger partial charge in [0.25, 0.3) is 5.69 Å². The van der Waals surface area contributed by atoms with Crippen molar-refractivity contribution in [1.82, 2.24) is 0 Å². The van der Waals surface area contributed by atoms with E-state index in [1.54, 1.807) is 0 Å². The molecule has 1 aromatic carbocycles. The van der Waals surface area contributed by atoms with E-state index in [-0.39, 0.29) is 39.3 Å². The van der Waals surface area contributed by atoms with Crippen molar-refractivity contribution in [2.75, 3.05) is 7.11 Å². The zero-order valence-electron chi connectivity index (χ0n) is 9.66. The van der Waals surface area contributed by atoms with Crippen LogP contribution in [0.2, 0.25) is 0 Å². The van der Waals surface area contributed by atoms with Gasteiger partial charge in [-0.1, -0.05) is 13.8 Å². The first-order valence-corrected chi connectivity index (χ1v) is 4.13. The molecule has 0 saturated heterocycles. The summed E-state index contributed by atoms with van der Waals surface area (Å²) in [5, 5.41) is 10.2. The molecule has 0 spiro atoms. The molecule has 0 aliphatic carbocycles. The van der Waals surface area contributed by atoms with E-state index in [1.165, 1.54) is 7.11 Å². The summed E-state index contributed by atoms with van der Waals surface area (Å²) in [7, 11) is 1.25. The summed E-state index contributed by atoms with van der Waals surface area (Å²) in [6, 6.07) is 3.12. The molecule has 1 rings (SSSR count). The molecule has 0 unspecified atom stereocenters. The molecule has 0 amide bonds. The third kappa shape index (κ3) is 5.79. The topological polar surface area (TPSA) is 52.4 Å². The zero-order chi connectivity index (χ0) is 11.1. The summed E-state index contributed by atoms with van der Waals surface area (Å²) in [5.41, 5.74) is -0.187. The monoisotopic (exact) mass is 403 g/mol. The molecule has 0 bridgehead atoms. The second-order valence-electron chi connectivity index (χ2n) is 2.08. The predicted octanol–water partition coefficient (Wildman–Crippen LogP) is 3.22. The van der Waals surface area contributed by atoms with Crippen LogP contribution in [0, 0.1) is 23.4 Å². The molecule has 0 aliphatic heterocycles. The van der Waals surface area contributed by atoms with Crippen LogP contribution >= 0.6 is 0 Å². The molecule has 0 aromatic heterocycles. The number of benzene rings is 1. The fraction of sp³-hybridized carbons (Fsp3) is 0.300. The molecule has 93 valence electrons. The Bertz CT molecular complexity index is 321. The fourth-order valence-corrected chi connectivity index (χ4v) is 0.762. The quantitative estimate of drug-likeness (QED) is 0.434. The predicted molar refractivity (Wildman–Crippen MR) is 57.4 cm³/mol. The molecule has 6 heteroatoms. The number of nitro groups is 1. The van der Waals surface area contributed by atoms with Gasteiger partial charge in [0.05, 0.1) is 18.1 Å². The van der Waals surface area contributed by atoms with Crippen molar-refractivity contribution in [1.29, 1.82) is 0 Å². The Morgan fingerprint density at radius 1 is 1.38 bits per heavy atom. The molecule has 16 heavy (non-hydrogen) atoms. The standard InChI is InChI=1S/C7H6FNO3.C2H6.CH3.Re/c1-12-7-4-5(9(10)11)2-3-6(7)8;1-2;;/h2-4H,1H3;1-2H3;1H3;/q;;-1;. The van der Waals surface area contributed by atoms with Crippen LogP contribution in [0.5, 0.6) is 5.75 Å². The molecule has 0 heterocycles. The van der Waals surface area contributed by atoms with Crippen LogP contribution in [0.4, 0.5) is 10.1 Å². The number of rotatable bonds is 2. The van der Waals surface area contributed by atoms with Crippen molar-refractivity contribution in [3.05, 3.63) is 41.6 Å². The first-order chi connectivity index (χ1) is 6.65. The number of nitrogens with zero attached hydrogens (tertiary/aromatic N) is 1. The Morgan fingerprint density at radius 2 is 1.88 bits per heavy atom. The first-order valence-electron chi connectivity index (χ1n) is 4.13. The Labute approximate surface area is 109 Å². The molecular formula is C10H15FNO3Re-. The minimum Gasteiger partial charge on any atom is -0.493 e. The molecule has 0 fully saturated rings. The Morgan fingerprint density at radius 3 is 2.25 bits per heavy atom. The minimum absolute atomic E-state index is 0. The van der Waals surface area contributed by atoms with Gasteiger partial charge in [-0.05, 0) is 6.07 Å². The largest absolute Gasteiger partial charge is 0.493 e. The normalized spacial score (nSPS) is 7.50. The molecule has 1 aromatic rings. The van der Waals surface area contributed by atoms with Crippen molar-refractivity contribution < 1.29 is 34.5 Å². The van der Waals surface area contributed by atoms with Gasteiger partial charge in [-0.2, -0.15) is 0 Å². The van der Waals surface area contributed by atoms with Gasteiger partial charge in [0.15, 0.2) is 11.6 Å². The average molecular weight is 402 g/mol. The number of non-ortho nitro benzene ring substituents is 1. The van der Waals surface area contributed by atoms with Gasteiger partial charge in [0.1, 0.15) is 0 Å². The summed E-state index contributed by atoms with van der Waals surface area (Å²) >= 11 is 0. The van der Waals surface area contributed by atoms with Gasteiger partial charge in [-0.3, -0.25) is 10.1 Å². The van der Waals surface area contributed by atoms with Crippen LogP contribution in [-0.4, -0.2) is 12.0 Å². The molecule has 0 N–H and O–H groups in total. The van der Waals surface area contributed by atoms with E-state index in [0.29, 0.717) is 0 Å². The van der Waals surface area contributed by atoms with E-state index in [1.807, 2.05) is 13.8 Å². The molecule has 0 saturated carbocycles. The second-order valence-corrected chi connectivity index (χ2v) is 2.08. The van der Waals surface area contributed by atoms with Crippen molar-refractivity contribution in [2.24, 2.45) is 0 Å². The van der Waals surface area contributed by atoms with Gasteiger partial charge in [-0.25, -0.2) is 4.39 Å². The molecule has 0 atom stereocenters. The SMILES string of the molecule is CC.COc1cc([N+](=O)[O-])ccc1F.[CH3-].[Re]. The molecular weight excluding hydrogens is 387 g/mol. The van der Waals surface area contributed by atoms with Crippen LogP contribution in [0.25, 0.3) is 0 Å². The van der Waals surface area contributed by atoms with Crippen LogP contribution in [0.15, 0.2) is 18.2 Å². The smallest absolute Gasteiger partial charge is 0.273 e. The molecule has 1 radical (unpaired) electrons. The van der Waals surface area contributed by atoms with Crippen molar-refractivity contribution in [3.8, 4) is 5.75 Å². The summed E-state index contributed by atoms with van der Waals surface area (Å²) in [6.07, 6.45) is 0. The molecule has 4 nitrogen and oxygen atoms in total. The Hall–Kier alpha value is -0.988. The number of halogens is 1.